The summed E-state index contributed by atoms with van der Waals surface area (Å²) in [6, 6.07) is 9.33. The van der Waals surface area contributed by atoms with Crippen LogP contribution in [0.3, 0.4) is 0 Å². The number of benzene rings is 1. The summed E-state index contributed by atoms with van der Waals surface area (Å²) in [5.74, 6) is -0.357. The summed E-state index contributed by atoms with van der Waals surface area (Å²) >= 11 is 0. The highest BCUT2D eigenvalue weighted by Crippen LogP contribution is 2.03. The fraction of sp³-hybridized carbons (Fsp3) is 0.286. The van der Waals surface area contributed by atoms with Crippen LogP contribution in [0.2, 0.25) is 0 Å². The van der Waals surface area contributed by atoms with Gasteiger partial charge < -0.3 is 14.4 Å². The molecule has 0 aromatic heterocycles. The number of allylic oxidation sites excluding steroid dienone is 1. The molecule has 0 bridgehead atoms. The Morgan fingerprint density at radius 1 is 1.21 bits per heavy atom. The van der Waals surface area contributed by atoms with Crippen molar-refractivity contribution in [1.29, 1.82) is 0 Å². The predicted octanol–water partition coefficient (Wildman–Crippen LogP) is 2.33. The van der Waals surface area contributed by atoms with Crippen molar-refractivity contribution in [2.24, 2.45) is 0 Å². The zero-order valence-electron chi connectivity index (χ0n) is 11.3. The number of esters is 1. The Labute approximate surface area is 112 Å². The van der Waals surface area contributed by atoms with Gasteiger partial charge in [0.2, 0.25) is 0 Å². The van der Waals surface area contributed by atoms with Crippen molar-refractivity contribution in [1.82, 2.24) is 4.90 Å². The summed E-state index contributed by atoms with van der Waals surface area (Å²) in [4.78, 5) is 24.0. The summed E-state index contributed by atoms with van der Waals surface area (Å²) in [5, 5.41) is 0. The zero-order chi connectivity index (χ0) is 14.3. The third-order valence-electron chi connectivity index (χ3n) is 2.16. The Kier molecular flexibility index (Phi) is 5.60. The Balaban J connectivity index is 2.44. The van der Waals surface area contributed by atoms with Gasteiger partial charge >= 0.3 is 12.1 Å². The number of hydrogen-bond donors (Lipinski definition) is 0. The maximum atomic E-state index is 11.5. The first-order valence-corrected chi connectivity index (χ1v) is 5.77. The lowest BCUT2D eigenvalue weighted by atomic mass is 10.2. The molecule has 0 spiro atoms. The van der Waals surface area contributed by atoms with Gasteiger partial charge in [0.1, 0.15) is 12.4 Å². The van der Waals surface area contributed by atoms with Gasteiger partial charge in [-0.05, 0) is 12.5 Å². The van der Waals surface area contributed by atoms with Crippen LogP contribution in [0.5, 0.6) is 0 Å². The normalized spacial score (nSPS) is 10.8. The first-order chi connectivity index (χ1) is 8.99. The number of amides is 1. The number of carbonyl (C=O) groups excluding carboxylic acids is 2. The average molecular weight is 263 g/mol. The first-order valence-electron chi connectivity index (χ1n) is 5.77. The van der Waals surface area contributed by atoms with Gasteiger partial charge in [-0.15, -0.1) is 0 Å². The molecule has 0 saturated carbocycles. The first kappa shape index (κ1) is 14.8. The number of rotatable bonds is 4. The van der Waals surface area contributed by atoms with E-state index in [4.69, 9.17) is 9.47 Å². The summed E-state index contributed by atoms with van der Waals surface area (Å²) in [5.41, 5.74) is 0.896. The lowest BCUT2D eigenvalue weighted by Gasteiger charge is -2.10. The molecule has 102 valence electrons. The lowest BCUT2D eigenvalue weighted by molar-refractivity contribution is -0.139. The van der Waals surface area contributed by atoms with Crippen molar-refractivity contribution >= 4 is 12.1 Å². The molecule has 0 heterocycles. The second-order valence-corrected chi connectivity index (χ2v) is 4.11. The fourth-order valence-electron chi connectivity index (χ4n) is 1.19. The van der Waals surface area contributed by atoms with Crippen molar-refractivity contribution in [3.63, 3.8) is 0 Å². The minimum atomic E-state index is -0.548. The monoisotopic (exact) mass is 263 g/mol. The lowest BCUT2D eigenvalue weighted by Crippen LogP contribution is -2.22. The van der Waals surface area contributed by atoms with Crippen LogP contribution in [0.4, 0.5) is 4.79 Å². The van der Waals surface area contributed by atoms with Crippen LogP contribution in [0.25, 0.3) is 0 Å². The maximum Gasteiger partial charge on any atom is 0.414 e. The third kappa shape index (κ3) is 5.72. The number of carbonyl (C=O) groups is 2. The van der Waals surface area contributed by atoms with Crippen LogP contribution < -0.4 is 0 Å². The van der Waals surface area contributed by atoms with Gasteiger partial charge in [-0.25, -0.2) is 9.59 Å². The molecule has 0 N–H and O–H groups in total. The summed E-state index contributed by atoms with van der Waals surface area (Å²) in [6.45, 7) is 1.70. The number of hydrogen-bond acceptors (Lipinski definition) is 4. The van der Waals surface area contributed by atoms with E-state index in [1.54, 1.807) is 14.1 Å². The summed E-state index contributed by atoms with van der Waals surface area (Å²) in [6.07, 6.45) is 0.606. The van der Waals surface area contributed by atoms with E-state index in [1.807, 2.05) is 30.3 Å². The van der Waals surface area contributed by atoms with E-state index in [0.717, 1.165) is 11.6 Å². The Hall–Kier alpha value is -2.30. The van der Waals surface area contributed by atoms with E-state index < -0.39 is 12.1 Å². The molecule has 1 aromatic carbocycles. The molecule has 0 saturated heterocycles. The SMILES string of the molecule is C/C(=C/C(=O)OCc1ccccc1)OC(=O)N(C)C. The number of ether oxygens (including phenoxy) is 2. The van der Waals surface area contributed by atoms with E-state index in [2.05, 4.69) is 0 Å². The minimum absolute atomic E-state index is 0.186. The molecule has 0 fully saturated rings. The quantitative estimate of drug-likeness (QED) is 0.475. The summed E-state index contributed by atoms with van der Waals surface area (Å²) < 4.78 is 9.90. The van der Waals surface area contributed by atoms with E-state index in [0.29, 0.717) is 0 Å². The van der Waals surface area contributed by atoms with Gasteiger partial charge in [-0.1, -0.05) is 30.3 Å². The van der Waals surface area contributed by atoms with Gasteiger partial charge in [0.15, 0.2) is 0 Å². The zero-order valence-corrected chi connectivity index (χ0v) is 11.3. The highest BCUT2D eigenvalue weighted by Gasteiger charge is 2.07. The van der Waals surface area contributed by atoms with E-state index in [9.17, 15) is 9.59 Å². The highest BCUT2D eigenvalue weighted by atomic mass is 16.6. The van der Waals surface area contributed by atoms with Gasteiger partial charge in [-0.3, -0.25) is 0 Å². The van der Waals surface area contributed by atoms with Gasteiger partial charge in [0.05, 0.1) is 6.08 Å². The van der Waals surface area contributed by atoms with Crippen molar-refractivity contribution < 1.29 is 19.1 Å². The Morgan fingerprint density at radius 3 is 2.42 bits per heavy atom. The predicted molar refractivity (Wildman–Crippen MR) is 70.2 cm³/mol. The second-order valence-electron chi connectivity index (χ2n) is 4.11. The van der Waals surface area contributed by atoms with Crippen LogP contribution in [-0.2, 0) is 20.9 Å². The molecule has 5 heteroatoms. The molecule has 0 atom stereocenters. The standard InChI is InChI=1S/C14H17NO4/c1-11(19-14(17)15(2)3)9-13(16)18-10-12-7-5-4-6-8-12/h4-9H,10H2,1-3H3/b11-9-. The molecule has 5 nitrogen and oxygen atoms in total. The highest BCUT2D eigenvalue weighted by molar-refractivity contribution is 5.83. The molecule has 0 aliphatic carbocycles. The Bertz CT molecular complexity index is 466. The topological polar surface area (TPSA) is 55.8 Å². The van der Waals surface area contributed by atoms with Crippen molar-refractivity contribution in [3.8, 4) is 0 Å². The second kappa shape index (κ2) is 7.20. The molecule has 1 amide bonds. The van der Waals surface area contributed by atoms with E-state index in [1.165, 1.54) is 11.8 Å². The van der Waals surface area contributed by atoms with Crippen molar-refractivity contribution in [2.45, 2.75) is 13.5 Å². The van der Waals surface area contributed by atoms with E-state index in [-0.39, 0.29) is 12.4 Å². The smallest absolute Gasteiger partial charge is 0.414 e. The fourth-order valence-corrected chi connectivity index (χ4v) is 1.19. The molecule has 0 unspecified atom stereocenters. The van der Waals surface area contributed by atoms with Gasteiger partial charge in [0, 0.05) is 14.1 Å². The third-order valence-corrected chi connectivity index (χ3v) is 2.16. The maximum absolute atomic E-state index is 11.5. The molecule has 0 aliphatic heterocycles. The molecule has 1 rings (SSSR count). The molecular formula is C14H17NO4. The van der Waals surface area contributed by atoms with Crippen LogP contribution in [0, 0.1) is 0 Å². The molecule has 1 aromatic rings. The minimum Gasteiger partial charge on any atom is -0.458 e. The van der Waals surface area contributed by atoms with Crippen LogP contribution in [-0.4, -0.2) is 31.1 Å². The van der Waals surface area contributed by atoms with Gasteiger partial charge in [0.25, 0.3) is 0 Å². The van der Waals surface area contributed by atoms with E-state index >= 15 is 0 Å². The molecular weight excluding hydrogens is 246 g/mol. The van der Waals surface area contributed by atoms with Crippen molar-refractivity contribution in [3.05, 3.63) is 47.7 Å². The molecule has 19 heavy (non-hydrogen) atoms. The summed E-state index contributed by atoms with van der Waals surface area (Å²) in [7, 11) is 3.12. The number of nitrogens with zero attached hydrogens (tertiary/aromatic N) is 1. The van der Waals surface area contributed by atoms with Crippen molar-refractivity contribution in [2.75, 3.05) is 14.1 Å². The van der Waals surface area contributed by atoms with Crippen LogP contribution >= 0.6 is 0 Å². The molecule has 0 radical (unpaired) electrons. The van der Waals surface area contributed by atoms with Gasteiger partial charge in [-0.2, -0.15) is 0 Å². The molecule has 0 aliphatic rings. The largest absolute Gasteiger partial charge is 0.458 e. The van der Waals surface area contributed by atoms with Crippen LogP contribution in [0.15, 0.2) is 42.2 Å². The Morgan fingerprint density at radius 2 is 1.84 bits per heavy atom. The van der Waals surface area contributed by atoms with Crippen LogP contribution in [0.1, 0.15) is 12.5 Å². The average Bonchev–Trinajstić information content (AvgIpc) is 2.37.